The summed E-state index contributed by atoms with van der Waals surface area (Å²) in [5.74, 6) is -0.418. The maximum absolute atomic E-state index is 12.2. The molecule has 2 N–H and O–H groups in total. The van der Waals surface area contributed by atoms with E-state index in [-0.39, 0.29) is 10.7 Å². The van der Waals surface area contributed by atoms with Gasteiger partial charge in [0.1, 0.15) is 12.0 Å². The van der Waals surface area contributed by atoms with E-state index in [9.17, 15) is 9.90 Å². The number of hydrogen-bond acceptors (Lipinski definition) is 4. The van der Waals surface area contributed by atoms with Gasteiger partial charge in [-0.15, -0.1) is 0 Å². The Labute approximate surface area is 120 Å². The number of carbonyl (C=O) groups excluding carboxylic acids is 1. The van der Waals surface area contributed by atoms with E-state index in [1.165, 1.54) is 12.5 Å². The number of rotatable bonds is 2. The van der Waals surface area contributed by atoms with Crippen molar-refractivity contribution in [1.82, 2.24) is 15.3 Å². The summed E-state index contributed by atoms with van der Waals surface area (Å²) in [5.41, 5.74) is 2.08. The zero-order valence-corrected chi connectivity index (χ0v) is 11.2. The first-order valence-corrected chi connectivity index (χ1v) is 6.57. The summed E-state index contributed by atoms with van der Waals surface area (Å²) in [6, 6.07) is 7.20. The van der Waals surface area contributed by atoms with Crippen LogP contribution in [0.3, 0.4) is 0 Å². The van der Waals surface area contributed by atoms with Crippen molar-refractivity contribution in [2.75, 3.05) is 0 Å². The van der Waals surface area contributed by atoms with Crippen LogP contribution in [0, 0.1) is 0 Å². The van der Waals surface area contributed by atoms with Crippen LogP contribution in [0.2, 0.25) is 5.02 Å². The molecule has 6 heteroatoms. The molecule has 2 aromatic rings. The topological polar surface area (TPSA) is 75.1 Å². The molecule has 2 unspecified atom stereocenters. The van der Waals surface area contributed by atoms with Gasteiger partial charge in [0.25, 0.3) is 5.91 Å². The highest BCUT2D eigenvalue weighted by Crippen LogP contribution is 2.31. The number of nitrogens with one attached hydrogen (secondary N) is 1. The van der Waals surface area contributed by atoms with Crippen LogP contribution in [-0.2, 0) is 6.42 Å². The van der Waals surface area contributed by atoms with Gasteiger partial charge in [0.05, 0.1) is 17.2 Å². The van der Waals surface area contributed by atoms with E-state index in [2.05, 4.69) is 15.3 Å². The van der Waals surface area contributed by atoms with Gasteiger partial charge >= 0.3 is 0 Å². The first-order valence-electron chi connectivity index (χ1n) is 6.19. The van der Waals surface area contributed by atoms with E-state index in [1.54, 1.807) is 0 Å². The highest BCUT2D eigenvalue weighted by molar-refractivity contribution is 6.33. The van der Waals surface area contributed by atoms with Crippen molar-refractivity contribution in [3.63, 3.8) is 0 Å². The fourth-order valence-corrected chi connectivity index (χ4v) is 2.63. The number of amides is 1. The first kappa shape index (κ1) is 13.0. The average molecular weight is 290 g/mol. The summed E-state index contributed by atoms with van der Waals surface area (Å²) >= 11 is 5.89. The molecule has 1 aliphatic carbocycles. The lowest BCUT2D eigenvalue weighted by molar-refractivity contribution is 0.0853. The molecule has 1 aromatic carbocycles. The lowest BCUT2D eigenvalue weighted by atomic mass is 10.1. The molecule has 1 aliphatic rings. The SMILES string of the molecule is O=C(NC1c2ccccc2CC1O)c1ncncc1Cl. The molecule has 0 spiro atoms. The molecular formula is C14H12ClN3O2. The van der Waals surface area contributed by atoms with Gasteiger partial charge in [0.2, 0.25) is 0 Å². The van der Waals surface area contributed by atoms with Gasteiger partial charge in [0, 0.05) is 12.6 Å². The standard InChI is InChI=1S/C14H12ClN3O2/c15-10-6-16-7-17-13(10)14(20)18-12-9-4-2-1-3-8(9)5-11(12)19/h1-4,6-7,11-12,19H,5H2,(H,18,20). The monoisotopic (exact) mass is 289 g/mol. The highest BCUT2D eigenvalue weighted by atomic mass is 35.5. The predicted molar refractivity (Wildman–Crippen MR) is 73.4 cm³/mol. The molecule has 1 aromatic heterocycles. The van der Waals surface area contributed by atoms with Crippen molar-refractivity contribution < 1.29 is 9.90 Å². The minimum atomic E-state index is -0.642. The molecule has 0 fully saturated rings. The smallest absolute Gasteiger partial charge is 0.272 e. The fraction of sp³-hybridized carbons (Fsp3) is 0.214. The number of hydrogen-bond donors (Lipinski definition) is 2. The molecule has 102 valence electrons. The van der Waals surface area contributed by atoms with E-state index < -0.39 is 18.1 Å². The van der Waals surface area contributed by atoms with E-state index in [1.807, 2.05) is 24.3 Å². The third kappa shape index (κ3) is 2.26. The normalized spacial score (nSPS) is 20.5. The van der Waals surface area contributed by atoms with Crippen LogP contribution in [-0.4, -0.2) is 27.1 Å². The van der Waals surface area contributed by atoms with Crippen molar-refractivity contribution in [2.45, 2.75) is 18.6 Å². The molecule has 1 amide bonds. The summed E-state index contributed by atoms with van der Waals surface area (Å²) < 4.78 is 0. The van der Waals surface area contributed by atoms with Crippen molar-refractivity contribution in [1.29, 1.82) is 0 Å². The highest BCUT2D eigenvalue weighted by Gasteiger charge is 2.32. The summed E-state index contributed by atoms with van der Waals surface area (Å²) in [5, 5.41) is 13.1. The number of carbonyl (C=O) groups is 1. The summed E-state index contributed by atoms with van der Waals surface area (Å²) in [7, 11) is 0. The Morgan fingerprint density at radius 2 is 2.20 bits per heavy atom. The lowest BCUT2D eigenvalue weighted by Crippen LogP contribution is -2.34. The maximum atomic E-state index is 12.2. The van der Waals surface area contributed by atoms with Crippen LogP contribution in [0.25, 0.3) is 0 Å². The summed E-state index contributed by atoms with van der Waals surface area (Å²) in [6.07, 6.45) is 2.51. The summed E-state index contributed by atoms with van der Waals surface area (Å²) in [6.45, 7) is 0. The van der Waals surface area contributed by atoms with Gasteiger partial charge in [-0.1, -0.05) is 35.9 Å². The van der Waals surface area contributed by atoms with Gasteiger partial charge < -0.3 is 10.4 Å². The van der Waals surface area contributed by atoms with Crippen LogP contribution in [0.5, 0.6) is 0 Å². The van der Waals surface area contributed by atoms with Crippen LogP contribution < -0.4 is 5.32 Å². The maximum Gasteiger partial charge on any atom is 0.272 e. The zero-order chi connectivity index (χ0) is 14.1. The van der Waals surface area contributed by atoms with Crippen LogP contribution >= 0.6 is 11.6 Å². The Balaban J connectivity index is 1.85. The molecule has 0 radical (unpaired) electrons. The number of aliphatic hydroxyl groups excluding tert-OH is 1. The largest absolute Gasteiger partial charge is 0.390 e. The number of fused-ring (bicyclic) bond motifs is 1. The minimum Gasteiger partial charge on any atom is -0.390 e. The van der Waals surface area contributed by atoms with Crippen LogP contribution in [0.15, 0.2) is 36.8 Å². The van der Waals surface area contributed by atoms with Gasteiger partial charge in [0.15, 0.2) is 0 Å². The minimum absolute atomic E-state index is 0.109. The summed E-state index contributed by atoms with van der Waals surface area (Å²) in [4.78, 5) is 19.8. The second kappa shape index (κ2) is 5.19. The predicted octanol–water partition coefficient (Wildman–Crippen LogP) is 1.52. The second-order valence-electron chi connectivity index (χ2n) is 4.64. The van der Waals surface area contributed by atoms with Crippen molar-refractivity contribution >= 4 is 17.5 Å². The van der Waals surface area contributed by atoms with Gasteiger partial charge in [-0.25, -0.2) is 9.97 Å². The number of benzene rings is 1. The third-order valence-electron chi connectivity index (χ3n) is 3.37. The number of aromatic nitrogens is 2. The van der Waals surface area contributed by atoms with Gasteiger partial charge in [-0.05, 0) is 11.1 Å². The number of halogens is 1. The number of nitrogens with zero attached hydrogens (tertiary/aromatic N) is 2. The van der Waals surface area contributed by atoms with Crippen LogP contribution in [0.4, 0.5) is 0 Å². The van der Waals surface area contributed by atoms with Crippen molar-refractivity contribution in [3.05, 3.63) is 58.6 Å². The molecule has 0 saturated heterocycles. The molecule has 2 atom stereocenters. The van der Waals surface area contributed by atoms with Crippen LogP contribution in [0.1, 0.15) is 27.7 Å². The molecule has 3 rings (SSSR count). The number of aliphatic hydroxyl groups is 1. The Morgan fingerprint density at radius 1 is 1.40 bits per heavy atom. The van der Waals surface area contributed by atoms with E-state index in [0.717, 1.165) is 11.1 Å². The molecule has 0 bridgehead atoms. The van der Waals surface area contributed by atoms with Gasteiger partial charge in [-0.3, -0.25) is 4.79 Å². The van der Waals surface area contributed by atoms with Crippen molar-refractivity contribution in [3.8, 4) is 0 Å². The molecular weight excluding hydrogens is 278 g/mol. The Hall–Kier alpha value is -1.98. The molecule has 1 heterocycles. The first-order chi connectivity index (χ1) is 9.66. The zero-order valence-electron chi connectivity index (χ0n) is 10.5. The van der Waals surface area contributed by atoms with Crippen molar-refractivity contribution in [2.24, 2.45) is 0 Å². The van der Waals surface area contributed by atoms with E-state index >= 15 is 0 Å². The second-order valence-corrected chi connectivity index (χ2v) is 5.05. The van der Waals surface area contributed by atoms with Gasteiger partial charge in [-0.2, -0.15) is 0 Å². The third-order valence-corrected chi connectivity index (χ3v) is 3.65. The van der Waals surface area contributed by atoms with E-state index in [4.69, 9.17) is 11.6 Å². The fourth-order valence-electron chi connectivity index (χ4n) is 2.44. The Kier molecular flexibility index (Phi) is 3.38. The Bertz CT molecular complexity index is 662. The Morgan fingerprint density at radius 3 is 3.00 bits per heavy atom. The van der Waals surface area contributed by atoms with E-state index in [0.29, 0.717) is 6.42 Å². The molecule has 0 aliphatic heterocycles. The molecule has 5 nitrogen and oxygen atoms in total. The average Bonchev–Trinajstić information content (AvgIpc) is 2.76. The molecule has 20 heavy (non-hydrogen) atoms. The quantitative estimate of drug-likeness (QED) is 0.879. The lowest BCUT2D eigenvalue weighted by Gasteiger charge is -2.17. The molecule has 0 saturated carbocycles.